The summed E-state index contributed by atoms with van der Waals surface area (Å²) in [6, 6.07) is 28.9. The standard InChI is InChI=1S/C31H32N2O3/c1-32(21-12-15-24-13-6-3-7-14-24)27-20-22-33(28(23-27)31(35)36-2)30(34)29(25-16-8-4-9-17-25)26-18-10-5-11-19-26/h3-11,13-14,16-19,27-29H,20-23H2,1-2H3/t27-,28-/m0/s1. The van der Waals surface area contributed by atoms with E-state index in [2.05, 4.69) is 16.7 Å². The van der Waals surface area contributed by atoms with Crippen molar-refractivity contribution in [2.45, 2.75) is 30.8 Å². The fourth-order valence-electron chi connectivity index (χ4n) is 4.82. The minimum Gasteiger partial charge on any atom is -0.467 e. The summed E-state index contributed by atoms with van der Waals surface area (Å²) in [5, 5.41) is 0. The molecule has 0 spiro atoms. The van der Waals surface area contributed by atoms with Gasteiger partial charge in [0.1, 0.15) is 6.04 Å². The normalized spacial score (nSPS) is 17.4. The summed E-state index contributed by atoms with van der Waals surface area (Å²) in [6.07, 6.45) is 1.28. The van der Waals surface area contributed by atoms with Crippen LogP contribution in [0, 0.1) is 11.8 Å². The molecule has 0 bridgehead atoms. The van der Waals surface area contributed by atoms with Crippen LogP contribution in [0.3, 0.4) is 0 Å². The van der Waals surface area contributed by atoms with Gasteiger partial charge in [0, 0.05) is 18.2 Å². The molecule has 5 heteroatoms. The van der Waals surface area contributed by atoms with Gasteiger partial charge in [0.2, 0.25) is 5.91 Å². The number of hydrogen-bond acceptors (Lipinski definition) is 4. The second kappa shape index (κ2) is 12.2. The third kappa shape index (κ3) is 6.02. The number of methoxy groups -OCH3 is 1. The van der Waals surface area contributed by atoms with E-state index >= 15 is 0 Å². The predicted molar refractivity (Wildman–Crippen MR) is 141 cm³/mol. The van der Waals surface area contributed by atoms with Crippen LogP contribution in [-0.2, 0) is 14.3 Å². The van der Waals surface area contributed by atoms with Crippen molar-refractivity contribution in [3.63, 3.8) is 0 Å². The van der Waals surface area contributed by atoms with Gasteiger partial charge in [-0.25, -0.2) is 4.79 Å². The van der Waals surface area contributed by atoms with Crippen LogP contribution < -0.4 is 0 Å². The molecule has 0 N–H and O–H groups in total. The number of hydrogen-bond donors (Lipinski definition) is 0. The Labute approximate surface area is 213 Å². The van der Waals surface area contributed by atoms with Gasteiger partial charge in [-0.2, -0.15) is 0 Å². The zero-order valence-electron chi connectivity index (χ0n) is 20.8. The lowest BCUT2D eigenvalue weighted by Gasteiger charge is -2.42. The van der Waals surface area contributed by atoms with Gasteiger partial charge in [-0.1, -0.05) is 90.7 Å². The molecule has 2 atom stereocenters. The number of rotatable bonds is 6. The van der Waals surface area contributed by atoms with E-state index in [1.807, 2.05) is 98.0 Å². The van der Waals surface area contributed by atoms with E-state index in [-0.39, 0.29) is 17.9 Å². The van der Waals surface area contributed by atoms with Gasteiger partial charge >= 0.3 is 5.97 Å². The highest BCUT2D eigenvalue weighted by Crippen LogP contribution is 2.31. The van der Waals surface area contributed by atoms with Crippen LogP contribution in [-0.4, -0.2) is 61.0 Å². The first-order valence-electron chi connectivity index (χ1n) is 12.3. The van der Waals surface area contributed by atoms with Crippen LogP contribution in [0.4, 0.5) is 0 Å². The molecule has 1 heterocycles. The zero-order valence-corrected chi connectivity index (χ0v) is 20.8. The summed E-state index contributed by atoms with van der Waals surface area (Å²) in [5.74, 6) is 5.49. The van der Waals surface area contributed by atoms with E-state index in [1.165, 1.54) is 7.11 Å². The lowest BCUT2D eigenvalue weighted by Crippen LogP contribution is -2.55. The van der Waals surface area contributed by atoms with Crippen LogP contribution >= 0.6 is 0 Å². The maximum absolute atomic E-state index is 14.0. The Hall–Kier alpha value is -3.88. The van der Waals surface area contributed by atoms with Gasteiger partial charge in [0.05, 0.1) is 19.6 Å². The van der Waals surface area contributed by atoms with E-state index < -0.39 is 12.0 Å². The molecule has 3 aromatic rings. The van der Waals surface area contributed by atoms with Crippen molar-refractivity contribution >= 4 is 11.9 Å². The summed E-state index contributed by atoms with van der Waals surface area (Å²) >= 11 is 0. The Morgan fingerprint density at radius 2 is 1.50 bits per heavy atom. The average molecular weight is 481 g/mol. The van der Waals surface area contributed by atoms with Gasteiger partial charge in [0.15, 0.2) is 0 Å². The first-order valence-corrected chi connectivity index (χ1v) is 12.3. The Morgan fingerprint density at radius 3 is 2.06 bits per heavy atom. The highest BCUT2D eigenvalue weighted by molar-refractivity contribution is 5.91. The molecule has 3 aromatic carbocycles. The second-order valence-electron chi connectivity index (χ2n) is 9.09. The van der Waals surface area contributed by atoms with Crippen LogP contribution in [0.1, 0.15) is 35.4 Å². The molecule has 1 amide bonds. The third-order valence-corrected chi connectivity index (χ3v) is 6.80. The number of ether oxygens (including phenoxy) is 1. The largest absolute Gasteiger partial charge is 0.467 e. The van der Waals surface area contributed by atoms with Crippen molar-refractivity contribution in [2.75, 3.05) is 27.2 Å². The molecule has 1 aliphatic heterocycles. The Balaban J connectivity index is 1.53. The van der Waals surface area contributed by atoms with Crippen LogP contribution in [0.5, 0.6) is 0 Å². The fourth-order valence-corrected chi connectivity index (χ4v) is 4.82. The molecular weight excluding hydrogens is 448 g/mol. The summed E-state index contributed by atoms with van der Waals surface area (Å²) < 4.78 is 5.15. The summed E-state index contributed by atoms with van der Waals surface area (Å²) in [5.41, 5.74) is 2.80. The molecule has 1 fully saturated rings. The lowest BCUT2D eigenvalue weighted by atomic mass is 9.87. The number of nitrogens with zero attached hydrogens (tertiary/aromatic N) is 2. The van der Waals surface area contributed by atoms with Crippen molar-refractivity contribution in [1.29, 1.82) is 0 Å². The quantitative estimate of drug-likeness (QED) is 0.389. The molecule has 5 nitrogen and oxygen atoms in total. The molecule has 0 aromatic heterocycles. The number of amides is 1. The maximum atomic E-state index is 14.0. The van der Waals surface area contributed by atoms with E-state index in [4.69, 9.17) is 4.74 Å². The van der Waals surface area contributed by atoms with Gasteiger partial charge in [-0.05, 0) is 43.1 Å². The van der Waals surface area contributed by atoms with E-state index in [0.717, 1.165) is 23.1 Å². The molecule has 4 rings (SSSR count). The first-order chi connectivity index (χ1) is 17.6. The maximum Gasteiger partial charge on any atom is 0.328 e. The zero-order chi connectivity index (χ0) is 25.3. The van der Waals surface area contributed by atoms with Gasteiger partial charge in [-0.3, -0.25) is 9.69 Å². The predicted octanol–water partition coefficient (Wildman–Crippen LogP) is 4.33. The summed E-state index contributed by atoms with van der Waals surface area (Å²) in [6.45, 7) is 1.06. The molecular formula is C31H32N2O3. The SMILES string of the molecule is COC(=O)[C@@H]1C[C@@H](N(C)CC#Cc2ccccc2)CCN1C(=O)C(c1ccccc1)c1ccccc1. The number of carbonyl (C=O) groups is 2. The van der Waals surface area contributed by atoms with Gasteiger partial charge in [-0.15, -0.1) is 0 Å². The topological polar surface area (TPSA) is 49.9 Å². The smallest absolute Gasteiger partial charge is 0.328 e. The molecule has 0 saturated carbocycles. The minimum absolute atomic E-state index is 0.0761. The lowest BCUT2D eigenvalue weighted by molar-refractivity contribution is -0.156. The highest BCUT2D eigenvalue weighted by atomic mass is 16.5. The molecule has 1 saturated heterocycles. The first kappa shape index (κ1) is 25.2. The highest BCUT2D eigenvalue weighted by Gasteiger charge is 2.40. The van der Waals surface area contributed by atoms with Crippen molar-refractivity contribution in [2.24, 2.45) is 0 Å². The van der Waals surface area contributed by atoms with E-state index in [0.29, 0.717) is 19.5 Å². The number of carbonyl (C=O) groups excluding carboxylic acids is 2. The fraction of sp³-hybridized carbons (Fsp3) is 0.290. The second-order valence-corrected chi connectivity index (χ2v) is 9.09. The van der Waals surface area contributed by atoms with Gasteiger partial charge in [0.25, 0.3) is 0 Å². The Morgan fingerprint density at radius 1 is 0.944 bits per heavy atom. The minimum atomic E-state index is -0.638. The molecule has 0 radical (unpaired) electrons. The van der Waals surface area contributed by atoms with Crippen molar-refractivity contribution < 1.29 is 14.3 Å². The monoisotopic (exact) mass is 480 g/mol. The van der Waals surface area contributed by atoms with E-state index in [9.17, 15) is 9.59 Å². The van der Waals surface area contributed by atoms with Crippen LogP contribution in [0.2, 0.25) is 0 Å². The Kier molecular flexibility index (Phi) is 8.54. The number of benzene rings is 3. The number of likely N-dealkylation sites (tertiary alicyclic amines) is 1. The Bertz CT molecular complexity index is 1160. The average Bonchev–Trinajstić information content (AvgIpc) is 2.94. The molecule has 36 heavy (non-hydrogen) atoms. The van der Waals surface area contributed by atoms with Gasteiger partial charge < -0.3 is 9.64 Å². The number of piperidine rings is 1. The molecule has 184 valence electrons. The summed E-state index contributed by atoms with van der Waals surface area (Å²) in [4.78, 5) is 30.8. The van der Waals surface area contributed by atoms with Crippen molar-refractivity contribution in [1.82, 2.24) is 9.80 Å². The molecule has 0 aliphatic carbocycles. The van der Waals surface area contributed by atoms with Crippen molar-refractivity contribution in [3.8, 4) is 11.8 Å². The summed E-state index contributed by atoms with van der Waals surface area (Å²) in [7, 11) is 3.41. The third-order valence-electron chi connectivity index (χ3n) is 6.80. The van der Waals surface area contributed by atoms with E-state index in [1.54, 1.807) is 4.90 Å². The van der Waals surface area contributed by atoms with Crippen LogP contribution in [0.15, 0.2) is 91.0 Å². The number of esters is 1. The molecule has 1 aliphatic rings. The van der Waals surface area contributed by atoms with Crippen molar-refractivity contribution in [3.05, 3.63) is 108 Å². The van der Waals surface area contributed by atoms with Crippen LogP contribution in [0.25, 0.3) is 0 Å². The molecule has 0 unspecified atom stereocenters.